The first-order chi connectivity index (χ1) is 30.0. The lowest BCUT2D eigenvalue weighted by molar-refractivity contribution is 0.555. The Hall–Kier alpha value is -7.42. The number of para-hydroxylation sites is 4. The zero-order valence-corrected chi connectivity index (χ0v) is 34.4. The first-order valence-corrected chi connectivity index (χ1v) is 21.5. The predicted molar refractivity (Wildman–Crippen MR) is 253 cm³/mol. The van der Waals surface area contributed by atoms with Crippen molar-refractivity contribution >= 4 is 43.6 Å². The van der Waals surface area contributed by atoms with E-state index < -0.39 is 10.8 Å². The van der Waals surface area contributed by atoms with Crippen LogP contribution in [-0.2, 0) is 10.8 Å². The summed E-state index contributed by atoms with van der Waals surface area (Å²) in [6, 6.07) is 76.0. The smallest absolute Gasteiger partial charge is 0.0711 e. The van der Waals surface area contributed by atoms with Crippen molar-refractivity contribution in [2.75, 3.05) is 0 Å². The maximum Gasteiger partial charge on any atom is 0.0711 e. The van der Waals surface area contributed by atoms with Crippen LogP contribution in [0.1, 0.15) is 61.2 Å². The van der Waals surface area contributed by atoms with Gasteiger partial charge in [0, 0.05) is 32.9 Å². The van der Waals surface area contributed by atoms with Crippen LogP contribution in [0, 0.1) is 20.8 Å². The zero-order valence-electron chi connectivity index (χ0n) is 34.4. The number of hydrogen-bond donors (Lipinski definition) is 0. The summed E-state index contributed by atoms with van der Waals surface area (Å²) in [6.45, 7) is 6.75. The molecule has 0 unspecified atom stereocenters. The third-order valence-electron chi connectivity index (χ3n) is 14.2. The number of rotatable bonds is 4. The molecule has 61 heavy (non-hydrogen) atoms. The van der Waals surface area contributed by atoms with Crippen molar-refractivity contribution in [1.82, 2.24) is 9.13 Å². The van der Waals surface area contributed by atoms with Crippen molar-refractivity contribution in [2.24, 2.45) is 0 Å². The lowest BCUT2D eigenvalue weighted by Gasteiger charge is -2.57. The van der Waals surface area contributed by atoms with E-state index in [9.17, 15) is 0 Å². The summed E-state index contributed by atoms with van der Waals surface area (Å²) in [6.07, 6.45) is 0. The number of aryl methyl sites for hydroxylation is 3. The van der Waals surface area contributed by atoms with Crippen LogP contribution in [0.5, 0.6) is 0 Å². The van der Waals surface area contributed by atoms with Crippen LogP contribution < -0.4 is 0 Å². The van der Waals surface area contributed by atoms with Gasteiger partial charge in [-0.1, -0.05) is 168 Å². The van der Waals surface area contributed by atoms with Crippen molar-refractivity contribution in [3.8, 4) is 11.4 Å². The number of aromatic nitrogens is 2. The number of nitrogens with zero attached hydrogens (tertiary/aromatic N) is 2. The molecule has 0 aliphatic heterocycles. The van der Waals surface area contributed by atoms with Crippen molar-refractivity contribution in [1.29, 1.82) is 0 Å². The van der Waals surface area contributed by atoms with Crippen LogP contribution in [0.4, 0.5) is 0 Å². The van der Waals surface area contributed by atoms with Crippen LogP contribution in [0.3, 0.4) is 0 Å². The first-order valence-electron chi connectivity index (χ1n) is 21.5. The summed E-state index contributed by atoms with van der Waals surface area (Å²) in [7, 11) is 0. The van der Waals surface area contributed by atoms with Crippen molar-refractivity contribution < 1.29 is 0 Å². The SMILES string of the molecule is Cc1ccc2c(c1)C1(c3ccc(-n4c5ccccc5c5ccccc54)cc3)c3ccc(C)cc3C2(c2ccc(-n3c4ccccc4c4ccccc43)cc2)c2cc(C)ccc21. The van der Waals surface area contributed by atoms with E-state index in [0.717, 1.165) is 0 Å². The fourth-order valence-electron chi connectivity index (χ4n) is 11.8. The van der Waals surface area contributed by atoms with Gasteiger partial charge in [-0.25, -0.2) is 0 Å². The first kappa shape index (κ1) is 34.4. The Morgan fingerprint density at radius 1 is 0.279 bits per heavy atom. The molecule has 0 saturated carbocycles. The van der Waals surface area contributed by atoms with Crippen molar-refractivity contribution in [3.63, 3.8) is 0 Å². The van der Waals surface area contributed by atoms with Gasteiger partial charge >= 0.3 is 0 Å². The standard InChI is InChI=1S/C59H42N2/c1-37-22-33-50-51(34-37)58(40-23-27-42(28-24-40)60-54-16-8-4-12-44(54)45-13-5-9-17-55(45)60)48-31-20-38(2)35-52(48)59(50,53-36-39(3)21-32-49(53)58)41-25-29-43(30-26-41)61-56-18-10-6-14-46(56)47-15-7-11-19-57(47)61/h4-36H,1-3H3. The zero-order chi connectivity index (χ0) is 40.6. The molecule has 2 aromatic heterocycles. The van der Waals surface area contributed by atoms with E-state index in [1.807, 2.05) is 0 Å². The molecule has 9 aromatic carbocycles. The highest BCUT2D eigenvalue weighted by Crippen LogP contribution is 2.66. The maximum atomic E-state index is 2.49. The Morgan fingerprint density at radius 2 is 0.557 bits per heavy atom. The van der Waals surface area contributed by atoms with Gasteiger partial charge in [-0.15, -0.1) is 0 Å². The molecule has 288 valence electrons. The summed E-state index contributed by atoms with van der Waals surface area (Å²) in [5.74, 6) is 0. The van der Waals surface area contributed by atoms with Gasteiger partial charge in [0.2, 0.25) is 0 Å². The Balaban J connectivity index is 1.07. The maximum absolute atomic E-state index is 2.49. The lowest BCUT2D eigenvalue weighted by atomic mass is 9.44. The molecule has 2 heteroatoms. The van der Waals surface area contributed by atoms with Crippen molar-refractivity contribution in [2.45, 2.75) is 31.6 Å². The molecular weight excluding hydrogens is 737 g/mol. The minimum atomic E-state index is -0.518. The topological polar surface area (TPSA) is 9.86 Å². The van der Waals surface area contributed by atoms with Crippen LogP contribution in [0.25, 0.3) is 55.0 Å². The quantitative estimate of drug-likeness (QED) is 0.168. The normalized spacial score (nSPS) is 17.6. The Bertz CT molecular complexity index is 3450. The molecule has 2 nitrogen and oxygen atoms in total. The second-order valence-electron chi connectivity index (χ2n) is 17.5. The summed E-state index contributed by atoms with van der Waals surface area (Å²) in [4.78, 5) is 0. The lowest BCUT2D eigenvalue weighted by Crippen LogP contribution is -2.52. The largest absolute Gasteiger partial charge is 0.309 e. The van der Waals surface area contributed by atoms with Gasteiger partial charge in [0.15, 0.2) is 0 Å². The predicted octanol–water partition coefficient (Wildman–Crippen LogP) is 14.2. The molecule has 14 rings (SSSR count). The highest BCUT2D eigenvalue weighted by atomic mass is 15.0. The van der Waals surface area contributed by atoms with Crippen LogP contribution >= 0.6 is 0 Å². The number of hydrogen-bond acceptors (Lipinski definition) is 0. The summed E-state index contributed by atoms with van der Waals surface area (Å²) < 4.78 is 4.85. The van der Waals surface area contributed by atoms with E-state index >= 15 is 0 Å². The molecule has 0 amide bonds. The van der Waals surface area contributed by atoms with E-state index in [-0.39, 0.29) is 0 Å². The molecule has 0 fully saturated rings. The molecule has 2 bridgehead atoms. The average molecular weight is 779 g/mol. The van der Waals surface area contributed by atoms with E-state index in [4.69, 9.17) is 0 Å². The van der Waals surface area contributed by atoms with Gasteiger partial charge in [0.25, 0.3) is 0 Å². The molecular formula is C59H42N2. The Kier molecular flexibility index (Phi) is 6.95. The summed E-state index contributed by atoms with van der Waals surface area (Å²) in [5, 5.41) is 5.10. The molecule has 3 aliphatic rings. The highest BCUT2D eigenvalue weighted by Gasteiger charge is 2.60. The van der Waals surface area contributed by atoms with E-state index in [1.54, 1.807) is 0 Å². The molecule has 0 spiro atoms. The third-order valence-corrected chi connectivity index (χ3v) is 14.2. The Labute approximate surface area is 355 Å². The average Bonchev–Trinajstić information content (AvgIpc) is 3.82. The van der Waals surface area contributed by atoms with Gasteiger partial charge in [-0.3, -0.25) is 0 Å². The molecule has 0 radical (unpaired) electrons. The van der Waals surface area contributed by atoms with Gasteiger partial charge in [-0.2, -0.15) is 0 Å². The second kappa shape index (κ2) is 12.3. The minimum Gasteiger partial charge on any atom is -0.309 e. The summed E-state index contributed by atoms with van der Waals surface area (Å²) in [5.41, 5.74) is 20.8. The monoisotopic (exact) mass is 778 g/mol. The summed E-state index contributed by atoms with van der Waals surface area (Å²) >= 11 is 0. The third kappa shape index (κ3) is 4.36. The van der Waals surface area contributed by atoms with E-state index in [1.165, 1.54) is 116 Å². The van der Waals surface area contributed by atoms with Crippen molar-refractivity contribution in [3.05, 3.63) is 261 Å². The van der Waals surface area contributed by atoms with Gasteiger partial charge in [-0.05, 0) is 114 Å². The Morgan fingerprint density at radius 3 is 0.869 bits per heavy atom. The minimum absolute atomic E-state index is 0.516. The van der Waals surface area contributed by atoms with E-state index in [2.05, 4.69) is 230 Å². The van der Waals surface area contributed by atoms with Gasteiger partial charge < -0.3 is 9.13 Å². The number of benzene rings is 9. The van der Waals surface area contributed by atoms with Gasteiger partial charge in [0.05, 0.1) is 32.9 Å². The molecule has 0 saturated heterocycles. The molecule has 0 N–H and O–H groups in total. The molecule has 11 aromatic rings. The highest BCUT2D eigenvalue weighted by molar-refractivity contribution is 6.10. The second-order valence-corrected chi connectivity index (χ2v) is 17.5. The molecule has 3 aliphatic carbocycles. The molecule has 0 atom stereocenters. The van der Waals surface area contributed by atoms with Gasteiger partial charge in [0.1, 0.15) is 0 Å². The van der Waals surface area contributed by atoms with E-state index in [0.29, 0.717) is 0 Å². The number of fused-ring (bicyclic) bond motifs is 6. The fourth-order valence-corrected chi connectivity index (χ4v) is 11.8. The fraction of sp³-hybridized carbons (Fsp3) is 0.0847. The van der Waals surface area contributed by atoms with Crippen LogP contribution in [0.2, 0.25) is 0 Å². The van der Waals surface area contributed by atoms with Crippen LogP contribution in [-0.4, -0.2) is 9.13 Å². The van der Waals surface area contributed by atoms with Crippen LogP contribution in [0.15, 0.2) is 200 Å². The molecule has 2 heterocycles.